The van der Waals surface area contributed by atoms with Crippen LogP contribution in [0.15, 0.2) is 18.2 Å². The molecule has 0 radical (unpaired) electrons. The quantitative estimate of drug-likeness (QED) is 0.815. The van der Waals surface area contributed by atoms with Crippen molar-refractivity contribution in [3.8, 4) is 0 Å². The number of nitrogens with zero attached hydrogens (tertiary/aromatic N) is 2. The topological polar surface area (TPSA) is 32.5 Å². The van der Waals surface area contributed by atoms with Crippen molar-refractivity contribution in [1.82, 2.24) is 9.80 Å². The molecule has 1 fully saturated rings. The van der Waals surface area contributed by atoms with Gasteiger partial charge in [-0.15, -0.1) is 0 Å². The molecule has 3 nitrogen and oxygen atoms in total. The molecule has 1 heterocycles. The second kappa shape index (κ2) is 5.24. The van der Waals surface area contributed by atoms with Gasteiger partial charge < -0.3 is 5.73 Å². The normalized spacial score (nSPS) is 26.4. The fraction of sp³-hybridized carbons (Fsp3) is 0.571. The Morgan fingerprint density at radius 3 is 2.44 bits per heavy atom. The van der Waals surface area contributed by atoms with Crippen molar-refractivity contribution in [2.75, 3.05) is 25.9 Å². The van der Waals surface area contributed by atoms with Gasteiger partial charge in [0.15, 0.2) is 0 Å². The lowest BCUT2D eigenvalue weighted by Gasteiger charge is -2.42. The van der Waals surface area contributed by atoms with E-state index in [9.17, 15) is 4.39 Å². The van der Waals surface area contributed by atoms with Gasteiger partial charge in [0.1, 0.15) is 5.82 Å². The lowest BCUT2D eigenvalue weighted by Crippen LogP contribution is -2.54. The molecule has 1 aliphatic heterocycles. The number of likely N-dealkylation sites (N-methyl/N-ethyl adjacent to an activating group) is 1. The number of benzene rings is 1. The Bertz CT molecular complexity index is 410. The van der Waals surface area contributed by atoms with E-state index in [4.69, 9.17) is 5.73 Å². The minimum Gasteiger partial charge on any atom is -0.396 e. The van der Waals surface area contributed by atoms with E-state index in [0.717, 1.165) is 25.2 Å². The van der Waals surface area contributed by atoms with Crippen molar-refractivity contribution in [1.29, 1.82) is 0 Å². The maximum absolute atomic E-state index is 13.4. The minimum atomic E-state index is -0.317. The predicted molar refractivity (Wildman–Crippen MR) is 72.8 cm³/mol. The summed E-state index contributed by atoms with van der Waals surface area (Å²) in [7, 11) is 2.16. The van der Waals surface area contributed by atoms with E-state index in [0.29, 0.717) is 12.1 Å². The van der Waals surface area contributed by atoms with Gasteiger partial charge in [0.2, 0.25) is 0 Å². The highest BCUT2D eigenvalue weighted by Crippen LogP contribution is 2.18. The van der Waals surface area contributed by atoms with Gasteiger partial charge >= 0.3 is 0 Å². The predicted octanol–water partition coefficient (Wildman–Crippen LogP) is 1.93. The number of rotatable bonds is 2. The van der Waals surface area contributed by atoms with E-state index in [1.54, 1.807) is 12.1 Å². The summed E-state index contributed by atoms with van der Waals surface area (Å²) < 4.78 is 13.4. The van der Waals surface area contributed by atoms with Gasteiger partial charge in [-0.3, -0.25) is 9.80 Å². The molecule has 0 aliphatic carbocycles. The molecule has 4 heteroatoms. The second-order valence-corrected chi connectivity index (χ2v) is 5.41. The second-order valence-electron chi connectivity index (χ2n) is 5.41. The lowest BCUT2D eigenvalue weighted by atomic mass is 10.1. The van der Waals surface area contributed by atoms with Gasteiger partial charge in [-0.05, 0) is 38.6 Å². The van der Waals surface area contributed by atoms with E-state index in [1.165, 1.54) is 0 Å². The van der Waals surface area contributed by atoms with Gasteiger partial charge in [-0.1, -0.05) is 6.07 Å². The molecule has 0 bridgehead atoms. The highest BCUT2D eigenvalue weighted by Gasteiger charge is 2.26. The Morgan fingerprint density at radius 2 is 1.89 bits per heavy atom. The summed E-state index contributed by atoms with van der Waals surface area (Å²) >= 11 is 0. The van der Waals surface area contributed by atoms with Gasteiger partial charge in [0.25, 0.3) is 0 Å². The number of halogens is 1. The van der Waals surface area contributed by atoms with Crippen LogP contribution < -0.4 is 5.73 Å². The number of nitrogen functional groups attached to an aromatic ring is 1. The Morgan fingerprint density at radius 1 is 1.28 bits per heavy atom. The average molecular weight is 251 g/mol. The van der Waals surface area contributed by atoms with E-state index in [1.807, 2.05) is 6.07 Å². The van der Waals surface area contributed by atoms with Gasteiger partial charge in [-0.2, -0.15) is 0 Å². The number of anilines is 1. The molecule has 1 aromatic carbocycles. The van der Waals surface area contributed by atoms with Gasteiger partial charge in [0.05, 0.1) is 5.69 Å². The summed E-state index contributed by atoms with van der Waals surface area (Å²) in [6, 6.07) is 6.17. The van der Waals surface area contributed by atoms with Crippen LogP contribution in [-0.2, 0) is 6.54 Å². The van der Waals surface area contributed by atoms with Crippen LogP contribution in [0.4, 0.5) is 10.1 Å². The standard InChI is InChI=1S/C14H22FN3/c1-10-7-18(8-11(2)17(10)3)9-12-4-5-14(16)13(15)6-12/h4-6,10-11H,7-9,16H2,1-3H3. The molecule has 1 aromatic rings. The first-order chi connectivity index (χ1) is 8.47. The van der Waals surface area contributed by atoms with Crippen molar-refractivity contribution in [3.05, 3.63) is 29.6 Å². The molecular weight excluding hydrogens is 229 g/mol. The van der Waals surface area contributed by atoms with Gasteiger partial charge in [0, 0.05) is 31.7 Å². The summed E-state index contributed by atoms with van der Waals surface area (Å²) in [4.78, 5) is 4.76. The Kier molecular flexibility index (Phi) is 3.88. The molecule has 0 aromatic heterocycles. The first-order valence-electron chi connectivity index (χ1n) is 6.45. The zero-order valence-electron chi connectivity index (χ0n) is 11.4. The molecule has 0 saturated carbocycles. The Hall–Kier alpha value is -1.13. The van der Waals surface area contributed by atoms with Crippen molar-refractivity contribution >= 4 is 5.69 Å². The maximum Gasteiger partial charge on any atom is 0.146 e. The fourth-order valence-electron chi connectivity index (χ4n) is 2.57. The van der Waals surface area contributed by atoms with E-state index in [2.05, 4.69) is 30.7 Å². The van der Waals surface area contributed by atoms with Crippen LogP contribution in [0, 0.1) is 5.82 Å². The van der Waals surface area contributed by atoms with E-state index >= 15 is 0 Å². The molecular formula is C14H22FN3. The monoisotopic (exact) mass is 251 g/mol. The van der Waals surface area contributed by atoms with Crippen LogP contribution in [0.25, 0.3) is 0 Å². The zero-order valence-corrected chi connectivity index (χ0v) is 11.4. The third-order valence-corrected chi connectivity index (χ3v) is 3.91. The first-order valence-corrected chi connectivity index (χ1v) is 6.45. The van der Waals surface area contributed by atoms with E-state index in [-0.39, 0.29) is 11.5 Å². The van der Waals surface area contributed by atoms with Crippen molar-refractivity contribution in [3.63, 3.8) is 0 Å². The first kappa shape index (κ1) is 13.3. The largest absolute Gasteiger partial charge is 0.396 e. The molecule has 100 valence electrons. The number of piperazine rings is 1. The zero-order chi connectivity index (χ0) is 13.3. The lowest BCUT2D eigenvalue weighted by molar-refractivity contribution is 0.0556. The highest BCUT2D eigenvalue weighted by molar-refractivity contribution is 5.41. The molecule has 2 rings (SSSR count). The van der Waals surface area contributed by atoms with Crippen LogP contribution in [0.2, 0.25) is 0 Å². The molecule has 1 aliphatic rings. The maximum atomic E-state index is 13.4. The third kappa shape index (κ3) is 2.82. The van der Waals surface area contributed by atoms with Gasteiger partial charge in [-0.25, -0.2) is 4.39 Å². The molecule has 18 heavy (non-hydrogen) atoms. The minimum absolute atomic E-state index is 0.221. The SMILES string of the molecule is CC1CN(Cc2ccc(N)c(F)c2)CC(C)N1C. The molecule has 2 N–H and O–H groups in total. The number of nitrogens with two attached hydrogens (primary N) is 1. The van der Waals surface area contributed by atoms with Crippen LogP contribution >= 0.6 is 0 Å². The smallest absolute Gasteiger partial charge is 0.146 e. The summed E-state index contributed by atoms with van der Waals surface area (Å²) in [6.07, 6.45) is 0. The summed E-state index contributed by atoms with van der Waals surface area (Å²) in [5, 5.41) is 0. The number of hydrogen-bond acceptors (Lipinski definition) is 3. The summed E-state index contributed by atoms with van der Waals surface area (Å²) in [6.45, 7) is 7.29. The Balaban J connectivity index is 2.03. The molecule has 2 unspecified atom stereocenters. The van der Waals surface area contributed by atoms with Crippen LogP contribution in [-0.4, -0.2) is 42.0 Å². The van der Waals surface area contributed by atoms with Crippen LogP contribution in [0.5, 0.6) is 0 Å². The van der Waals surface area contributed by atoms with E-state index < -0.39 is 0 Å². The number of hydrogen-bond donors (Lipinski definition) is 1. The summed E-state index contributed by atoms with van der Waals surface area (Å²) in [5.74, 6) is -0.317. The third-order valence-electron chi connectivity index (χ3n) is 3.91. The van der Waals surface area contributed by atoms with Crippen molar-refractivity contribution in [2.24, 2.45) is 0 Å². The molecule has 0 amide bonds. The molecule has 2 atom stereocenters. The Labute approximate surface area is 108 Å². The summed E-state index contributed by atoms with van der Waals surface area (Å²) in [5.41, 5.74) is 6.70. The highest BCUT2D eigenvalue weighted by atomic mass is 19.1. The molecule has 1 saturated heterocycles. The fourth-order valence-corrected chi connectivity index (χ4v) is 2.57. The van der Waals surface area contributed by atoms with Crippen LogP contribution in [0.3, 0.4) is 0 Å². The average Bonchev–Trinajstić information content (AvgIpc) is 2.31. The molecule has 0 spiro atoms. The van der Waals surface area contributed by atoms with Crippen molar-refractivity contribution in [2.45, 2.75) is 32.5 Å². The van der Waals surface area contributed by atoms with Crippen molar-refractivity contribution < 1.29 is 4.39 Å². The van der Waals surface area contributed by atoms with Crippen LogP contribution in [0.1, 0.15) is 19.4 Å².